The predicted molar refractivity (Wildman–Crippen MR) is 200 cm³/mol. The van der Waals surface area contributed by atoms with Crippen LogP contribution in [0.5, 0.6) is 17.2 Å². The topological polar surface area (TPSA) is 124 Å². The van der Waals surface area contributed by atoms with Crippen LogP contribution in [0.15, 0.2) is 115 Å². The molecule has 286 valence electrons. The molecule has 10 nitrogen and oxygen atoms in total. The largest absolute Gasteiger partial charge is 0.457 e. The average molecular weight is 755 g/mol. The van der Waals surface area contributed by atoms with E-state index in [9.17, 15) is 28.0 Å². The van der Waals surface area contributed by atoms with E-state index in [2.05, 4.69) is 13.2 Å². The first-order chi connectivity index (χ1) is 26.1. The van der Waals surface area contributed by atoms with Crippen molar-refractivity contribution in [2.45, 2.75) is 46.0 Å². The summed E-state index contributed by atoms with van der Waals surface area (Å²) in [7, 11) is 0. The molecule has 0 aromatic heterocycles. The Bertz CT molecular complexity index is 2110. The van der Waals surface area contributed by atoms with E-state index in [1.54, 1.807) is 24.3 Å². The van der Waals surface area contributed by atoms with Crippen molar-refractivity contribution in [3.8, 4) is 17.2 Å². The summed E-state index contributed by atoms with van der Waals surface area (Å²) >= 11 is 0. The van der Waals surface area contributed by atoms with Gasteiger partial charge in [-0.25, -0.2) is 28.0 Å². The Kier molecular flexibility index (Phi) is 14.2. The molecule has 0 saturated heterocycles. The maximum Gasteiger partial charge on any atom is 0.336 e. The minimum atomic E-state index is -0.722. The first kappa shape index (κ1) is 41.2. The van der Waals surface area contributed by atoms with Crippen molar-refractivity contribution in [3.63, 3.8) is 0 Å². The maximum absolute atomic E-state index is 14.6. The molecule has 0 saturated carbocycles. The zero-order valence-corrected chi connectivity index (χ0v) is 30.8. The average Bonchev–Trinajstić information content (AvgIpc) is 3.18. The second kappa shape index (κ2) is 19.0. The first-order valence-electron chi connectivity index (χ1n) is 16.9. The summed E-state index contributed by atoms with van der Waals surface area (Å²) in [5.41, 5.74) is 2.01. The highest BCUT2D eigenvalue weighted by atomic mass is 19.1. The molecular weight excluding hydrogens is 714 g/mol. The Morgan fingerprint density at radius 1 is 0.727 bits per heavy atom. The number of carbonyl (C=O) groups is 4. The second-order valence-electron chi connectivity index (χ2n) is 12.9. The zero-order valence-electron chi connectivity index (χ0n) is 30.8. The van der Waals surface area contributed by atoms with E-state index in [-0.39, 0.29) is 39.5 Å². The Balaban J connectivity index is 1.34. The van der Waals surface area contributed by atoms with Gasteiger partial charge < -0.3 is 28.4 Å². The minimum Gasteiger partial charge on any atom is -0.457 e. The molecule has 0 bridgehead atoms. The van der Waals surface area contributed by atoms with Crippen molar-refractivity contribution in [1.82, 2.24) is 0 Å². The molecule has 0 fully saturated rings. The van der Waals surface area contributed by atoms with Crippen LogP contribution < -0.4 is 14.2 Å². The number of hydrogen-bond donors (Lipinski definition) is 0. The molecule has 4 rings (SSSR count). The van der Waals surface area contributed by atoms with Gasteiger partial charge in [-0.1, -0.05) is 39.1 Å². The van der Waals surface area contributed by atoms with Crippen molar-refractivity contribution in [1.29, 1.82) is 0 Å². The van der Waals surface area contributed by atoms with Crippen LogP contribution in [0.25, 0.3) is 12.2 Å². The van der Waals surface area contributed by atoms with Gasteiger partial charge in [-0.3, -0.25) is 0 Å². The van der Waals surface area contributed by atoms with Gasteiger partial charge in [-0.2, -0.15) is 0 Å². The lowest BCUT2D eigenvalue weighted by Gasteiger charge is -2.27. The van der Waals surface area contributed by atoms with Gasteiger partial charge >= 0.3 is 23.9 Å². The van der Waals surface area contributed by atoms with Gasteiger partial charge in [0.1, 0.15) is 34.6 Å². The maximum atomic E-state index is 14.6. The summed E-state index contributed by atoms with van der Waals surface area (Å²) in [5.74, 6) is -3.19. The van der Waals surface area contributed by atoms with E-state index < -0.39 is 54.5 Å². The van der Waals surface area contributed by atoms with Crippen LogP contribution in [0, 0.1) is 11.6 Å². The third-order valence-corrected chi connectivity index (χ3v) is 7.95. The van der Waals surface area contributed by atoms with Crippen molar-refractivity contribution in [2.75, 3.05) is 13.6 Å². The van der Waals surface area contributed by atoms with Gasteiger partial charge in [0.15, 0.2) is 0 Å². The summed E-state index contributed by atoms with van der Waals surface area (Å²) in [6, 6.07) is 13.2. The minimum absolute atomic E-state index is 0.109. The lowest BCUT2D eigenvalue weighted by Crippen LogP contribution is -2.19. The van der Waals surface area contributed by atoms with Crippen molar-refractivity contribution < 1.29 is 56.4 Å². The van der Waals surface area contributed by atoms with Crippen molar-refractivity contribution in [3.05, 3.63) is 149 Å². The number of fused-ring (bicyclic) bond motifs is 1. The number of hydrogen-bond acceptors (Lipinski definition) is 10. The number of benzene rings is 3. The molecule has 0 unspecified atom stereocenters. The van der Waals surface area contributed by atoms with E-state index in [0.29, 0.717) is 18.6 Å². The van der Waals surface area contributed by atoms with Crippen LogP contribution >= 0.6 is 0 Å². The van der Waals surface area contributed by atoms with Crippen molar-refractivity contribution in [2.24, 2.45) is 0 Å². The molecule has 3 aromatic carbocycles. The third kappa shape index (κ3) is 12.5. The highest BCUT2D eigenvalue weighted by Gasteiger charge is 2.25. The molecule has 0 atom stereocenters. The highest BCUT2D eigenvalue weighted by Crippen LogP contribution is 2.35. The normalized spacial score (nSPS) is 13.4. The summed E-state index contributed by atoms with van der Waals surface area (Å²) in [5, 5.41) is 0. The lowest BCUT2D eigenvalue weighted by atomic mass is 9.78. The molecule has 1 aliphatic carbocycles. The fraction of sp³-hybridized carbons (Fsp3) is 0.209. The third-order valence-electron chi connectivity index (χ3n) is 7.95. The van der Waals surface area contributed by atoms with Crippen LogP contribution in [0.2, 0.25) is 0 Å². The fourth-order valence-corrected chi connectivity index (χ4v) is 4.97. The fourth-order valence-electron chi connectivity index (χ4n) is 4.97. The highest BCUT2D eigenvalue weighted by molar-refractivity contribution is 5.89. The molecule has 55 heavy (non-hydrogen) atoms. The van der Waals surface area contributed by atoms with Gasteiger partial charge in [0.25, 0.3) is 0 Å². The van der Waals surface area contributed by atoms with Crippen LogP contribution in [0.4, 0.5) is 8.78 Å². The Morgan fingerprint density at radius 2 is 1.24 bits per heavy atom. The standard InChI is InChI=1S/C43H40F2O10/c1-27(2)41(48)52-25-50-33-15-11-30(37(44)23-33)13-18-39(46)54-32-9-7-8-29-10-17-35(22-36(29)43(5,6)21-20-32)55-40(47)19-14-31-12-16-34(24-38(31)45)51-26-53-42(49)28(3)4/h7,9-20,22-24H,1,3,8,21,25-26H2,2,4-6H3. The van der Waals surface area contributed by atoms with Crippen LogP contribution in [0.3, 0.4) is 0 Å². The van der Waals surface area contributed by atoms with E-state index in [1.807, 2.05) is 26.0 Å². The van der Waals surface area contributed by atoms with Crippen molar-refractivity contribution >= 4 is 36.0 Å². The molecule has 0 N–H and O–H groups in total. The summed E-state index contributed by atoms with van der Waals surface area (Å²) in [4.78, 5) is 48.3. The molecule has 0 amide bonds. The molecule has 0 spiro atoms. The second-order valence-corrected chi connectivity index (χ2v) is 12.9. The van der Waals surface area contributed by atoms with E-state index in [1.165, 1.54) is 50.3 Å². The van der Waals surface area contributed by atoms with Crippen LogP contribution in [-0.4, -0.2) is 37.5 Å². The van der Waals surface area contributed by atoms with E-state index in [0.717, 1.165) is 35.4 Å². The zero-order chi connectivity index (χ0) is 40.1. The van der Waals surface area contributed by atoms with Gasteiger partial charge in [0, 0.05) is 46.6 Å². The Hall–Kier alpha value is -6.56. The quantitative estimate of drug-likeness (QED) is 0.0521. The number of ether oxygens (including phenoxy) is 6. The van der Waals surface area contributed by atoms with E-state index >= 15 is 0 Å². The van der Waals surface area contributed by atoms with E-state index in [4.69, 9.17) is 28.4 Å². The molecule has 0 heterocycles. The van der Waals surface area contributed by atoms with Gasteiger partial charge in [-0.15, -0.1) is 0 Å². The summed E-state index contributed by atoms with van der Waals surface area (Å²) in [6.45, 7) is 13.1. The predicted octanol–water partition coefficient (Wildman–Crippen LogP) is 8.42. The smallest absolute Gasteiger partial charge is 0.336 e. The lowest BCUT2D eigenvalue weighted by molar-refractivity contribution is -0.146. The SMILES string of the molecule is C=C(C)C(=O)OCOc1ccc(C=CC(=O)OC2=CCC(C)(C)c3cc(OC(=O)C=Cc4ccc(OCOC(=O)C(=C)C)cc4F)ccc3CC=C2)c(F)c1. The van der Waals surface area contributed by atoms with Crippen LogP contribution in [-0.2, 0) is 45.2 Å². The van der Waals surface area contributed by atoms with Gasteiger partial charge in [0.2, 0.25) is 13.6 Å². The Morgan fingerprint density at radius 3 is 1.75 bits per heavy atom. The number of allylic oxidation sites excluding steroid dienone is 3. The number of halogens is 2. The Labute approximate surface area is 317 Å². The molecule has 0 radical (unpaired) electrons. The molecule has 1 aliphatic rings. The number of carbonyl (C=O) groups excluding carboxylic acids is 4. The summed E-state index contributed by atoms with van der Waals surface area (Å²) in [6.07, 6.45) is 11.0. The van der Waals surface area contributed by atoms with Gasteiger partial charge in [0.05, 0.1) is 0 Å². The molecule has 0 aliphatic heterocycles. The molecule has 3 aromatic rings. The monoisotopic (exact) mass is 754 g/mol. The van der Waals surface area contributed by atoms with Crippen LogP contribution in [0.1, 0.15) is 56.4 Å². The molecule has 12 heteroatoms. The number of esters is 4. The molecular formula is C43H40F2O10. The number of rotatable bonds is 14. The van der Waals surface area contributed by atoms with Gasteiger partial charge in [-0.05, 0) is 104 Å². The summed E-state index contributed by atoms with van der Waals surface area (Å²) < 4.78 is 60.5. The first-order valence-corrected chi connectivity index (χ1v) is 16.9.